The predicted octanol–water partition coefficient (Wildman–Crippen LogP) is 3.74. The monoisotopic (exact) mass is 337 g/mol. The summed E-state index contributed by atoms with van der Waals surface area (Å²) in [7, 11) is 0. The van der Waals surface area contributed by atoms with E-state index in [1.807, 2.05) is 30.3 Å². The highest BCUT2D eigenvalue weighted by Gasteiger charge is 2.13. The van der Waals surface area contributed by atoms with Crippen LogP contribution in [0.5, 0.6) is 0 Å². The summed E-state index contributed by atoms with van der Waals surface area (Å²) in [5, 5.41) is 17.4. The van der Waals surface area contributed by atoms with Crippen molar-refractivity contribution >= 4 is 17.3 Å². The summed E-state index contributed by atoms with van der Waals surface area (Å²) in [6, 6.07) is 15.5. The maximum atomic E-state index is 12.2. The number of rotatable bonds is 5. The molecule has 2 aromatic carbocycles. The molecule has 0 saturated carbocycles. The molecule has 0 aliphatic carbocycles. The van der Waals surface area contributed by atoms with Crippen LogP contribution in [0.2, 0.25) is 0 Å². The van der Waals surface area contributed by atoms with E-state index in [1.54, 1.807) is 13.0 Å². The SMILES string of the molecule is Cc1cc([N+](=O)[O-])ccc1NC(=O)Cc1cc(-c2ccccc2)on1. The van der Waals surface area contributed by atoms with Crippen LogP contribution in [-0.2, 0) is 11.2 Å². The number of hydrogen-bond donors (Lipinski definition) is 1. The van der Waals surface area contributed by atoms with Crippen molar-refractivity contribution in [3.63, 3.8) is 0 Å². The average molecular weight is 337 g/mol. The van der Waals surface area contributed by atoms with E-state index in [4.69, 9.17) is 4.52 Å². The normalized spacial score (nSPS) is 10.4. The zero-order valence-corrected chi connectivity index (χ0v) is 13.4. The summed E-state index contributed by atoms with van der Waals surface area (Å²) in [6.45, 7) is 1.70. The van der Waals surface area contributed by atoms with Crippen molar-refractivity contribution in [2.24, 2.45) is 0 Å². The number of carbonyl (C=O) groups excluding carboxylic acids is 1. The summed E-state index contributed by atoms with van der Waals surface area (Å²) in [6.07, 6.45) is 0.0484. The zero-order chi connectivity index (χ0) is 17.8. The molecule has 1 aromatic heterocycles. The summed E-state index contributed by atoms with van der Waals surface area (Å²) in [4.78, 5) is 22.4. The third-order valence-electron chi connectivity index (χ3n) is 3.65. The van der Waals surface area contributed by atoms with Gasteiger partial charge in [0.1, 0.15) is 0 Å². The standard InChI is InChI=1S/C18H15N3O4/c1-12-9-15(21(23)24)7-8-16(12)19-18(22)11-14-10-17(25-20-14)13-5-3-2-4-6-13/h2-10H,11H2,1H3,(H,19,22). The van der Waals surface area contributed by atoms with E-state index in [0.29, 0.717) is 22.7 Å². The Labute approximate surface area is 143 Å². The van der Waals surface area contributed by atoms with E-state index in [0.717, 1.165) is 5.56 Å². The lowest BCUT2D eigenvalue weighted by Crippen LogP contribution is -2.15. The minimum Gasteiger partial charge on any atom is -0.356 e. The minimum absolute atomic E-state index is 0.0143. The summed E-state index contributed by atoms with van der Waals surface area (Å²) in [5.41, 5.74) is 2.53. The fourth-order valence-corrected chi connectivity index (χ4v) is 2.39. The second-order valence-electron chi connectivity index (χ2n) is 5.53. The highest BCUT2D eigenvalue weighted by molar-refractivity contribution is 5.93. The van der Waals surface area contributed by atoms with Gasteiger partial charge in [-0.05, 0) is 18.6 Å². The van der Waals surface area contributed by atoms with E-state index in [2.05, 4.69) is 10.5 Å². The van der Waals surface area contributed by atoms with E-state index in [9.17, 15) is 14.9 Å². The quantitative estimate of drug-likeness (QED) is 0.565. The van der Waals surface area contributed by atoms with Crippen molar-refractivity contribution in [3.05, 3.63) is 76.0 Å². The smallest absolute Gasteiger partial charge is 0.269 e. The van der Waals surface area contributed by atoms with Crippen molar-refractivity contribution in [1.29, 1.82) is 0 Å². The van der Waals surface area contributed by atoms with Gasteiger partial charge < -0.3 is 9.84 Å². The van der Waals surface area contributed by atoms with Gasteiger partial charge in [0.25, 0.3) is 5.69 Å². The maximum absolute atomic E-state index is 12.2. The molecule has 0 bridgehead atoms. The number of carbonyl (C=O) groups is 1. The van der Waals surface area contributed by atoms with E-state index < -0.39 is 4.92 Å². The molecular weight excluding hydrogens is 322 g/mol. The molecule has 0 fully saturated rings. The highest BCUT2D eigenvalue weighted by Crippen LogP contribution is 2.22. The lowest BCUT2D eigenvalue weighted by Gasteiger charge is -2.07. The number of nitro groups is 1. The predicted molar refractivity (Wildman–Crippen MR) is 92.1 cm³/mol. The van der Waals surface area contributed by atoms with Gasteiger partial charge in [0, 0.05) is 29.4 Å². The van der Waals surface area contributed by atoms with E-state index >= 15 is 0 Å². The molecule has 0 unspecified atom stereocenters. The zero-order valence-electron chi connectivity index (χ0n) is 13.4. The van der Waals surface area contributed by atoms with Gasteiger partial charge in [-0.25, -0.2) is 0 Å². The van der Waals surface area contributed by atoms with Crippen LogP contribution in [0.4, 0.5) is 11.4 Å². The Hall–Kier alpha value is -3.48. The van der Waals surface area contributed by atoms with E-state index in [1.165, 1.54) is 18.2 Å². The molecule has 25 heavy (non-hydrogen) atoms. The molecule has 0 saturated heterocycles. The van der Waals surface area contributed by atoms with Crippen LogP contribution >= 0.6 is 0 Å². The van der Waals surface area contributed by atoms with Gasteiger partial charge in [0.2, 0.25) is 5.91 Å². The van der Waals surface area contributed by atoms with E-state index in [-0.39, 0.29) is 18.0 Å². The minimum atomic E-state index is -0.473. The first-order valence-electron chi connectivity index (χ1n) is 7.59. The number of hydrogen-bond acceptors (Lipinski definition) is 5. The Balaban J connectivity index is 1.67. The van der Waals surface area contributed by atoms with Crippen LogP contribution in [0.25, 0.3) is 11.3 Å². The maximum Gasteiger partial charge on any atom is 0.269 e. The number of aryl methyl sites for hydroxylation is 1. The highest BCUT2D eigenvalue weighted by atomic mass is 16.6. The number of nitro benzene ring substituents is 1. The topological polar surface area (TPSA) is 98.3 Å². The van der Waals surface area contributed by atoms with Gasteiger partial charge in [-0.2, -0.15) is 0 Å². The first kappa shape index (κ1) is 16.4. The Morgan fingerprint density at radius 1 is 1.20 bits per heavy atom. The van der Waals surface area contributed by atoms with Crippen molar-refractivity contribution in [3.8, 4) is 11.3 Å². The average Bonchev–Trinajstić information content (AvgIpc) is 3.05. The van der Waals surface area contributed by atoms with Crippen molar-refractivity contribution in [2.45, 2.75) is 13.3 Å². The summed E-state index contributed by atoms with van der Waals surface area (Å²) >= 11 is 0. The molecule has 1 amide bonds. The molecule has 1 heterocycles. The third-order valence-corrected chi connectivity index (χ3v) is 3.65. The first-order valence-corrected chi connectivity index (χ1v) is 7.59. The van der Waals surface area contributed by atoms with Crippen molar-refractivity contribution < 1.29 is 14.2 Å². The number of amides is 1. The third kappa shape index (κ3) is 3.89. The van der Waals surface area contributed by atoms with Gasteiger partial charge in [0.05, 0.1) is 17.0 Å². The van der Waals surface area contributed by atoms with Crippen molar-refractivity contribution in [1.82, 2.24) is 5.16 Å². The second kappa shape index (κ2) is 6.96. The Morgan fingerprint density at radius 3 is 2.64 bits per heavy atom. The summed E-state index contributed by atoms with van der Waals surface area (Å²) < 4.78 is 5.26. The molecule has 0 radical (unpaired) electrons. The number of benzene rings is 2. The van der Waals surface area contributed by atoms with Gasteiger partial charge in [-0.1, -0.05) is 35.5 Å². The van der Waals surface area contributed by atoms with Gasteiger partial charge in [0.15, 0.2) is 5.76 Å². The van der Waals surface area contributed by atoms with Crippen molar-refractivity contribution in [2.75, 3.05) is 5.32 Å². The molecule has 7 nitrogen and oxygen atoms in total. The largest absolute Gasteiger partial charge is 0.356 e. The van der Waals surface area contributed by atoms with Gasteiger partial charge in [-0.3, -0.25) is 14.9 Å². The Bertz CT molecular complexity index is 919. The molecule has 0 aliphatic rings. The van der Waals surface area contributed by atoms with Crippen LogP contribution in [0.1, 0.15) is 11.3 Å². The van der Waals surface area contributed by atoms with Crippen LogP contribution < -0.4 is 5.32 Å². The van der Waals surface area contributed by atoms with Gasteiger partial charge >= 0.3 is 0 Å². The van der Waals surface area contributed by atoms with Crippen LogP contribution in [0.3, 0.4) is 0 Å². The Kier molecular flexibility index (Phi) is 4.56. The lowest BCUT2D eigenvalue weighted by atomic mass is 10.1. The molecule has 1 N–H and O–H groups in total. The summed E-state index contributed by atoms with van der Waals surface area (Å²) in [5.74, 6) is 0.319. The van der Waals surface area contributed by atoms with Crippen LogP contribution in [0.15, 0.2) is 59.1 Å². The fraction of sp³-hybridized carbons (Fsp3) is 0.111. The molecule has 0 aliphatic heterocycles. The number of anilines is 1. The fourth-order valence-electron chi connectivity index (χ4n) is 2.39. The first-order chi connectivity index (χ1) is 12.0. The second-order valence-corrected chi connectivity index (χ2v) is 5.53. The number of nitrogens with one attached hydrogen (secondary N) is 1. The number of aromatic nitrogens is 1. The lowest BCUT2D eigenvalue weighted by molar-refractivity contribution is -0.384. The molecule has 0 atom stereocenters. The number of non-ortho nitro benzene ring substituents is 1. The van der Waals surface area contributed by atoms with Crippen LogP contribution in [-0.4, -0.2) is 16.0 Å². The molecule has 0 spiro atoms. The molecular formula is C18H15N3O4. The molecule has 126 valence electrons. The van der Waals surface area contributed by atoms with Crippen LogP contribution in [0, 0.1) is 17.0 Å². The van der Waals surface area contributed by atoms with Gasteiger partial charge in [-0.15, -0.1) is 0 Å². The molecule has 3 aromatic rings. The molecule has 3 rings (SSSR count). The molecule has 7 heteroatoms. The number of nitrogens with zero attached hydrogens (tertiary/aromatic N) is 2. The Morgan fingerprint density at radius 2 is 1.96 bits per heavy atom.